The fourth-order valence-corrected chi connectivity index (χ4v) is 2.56. The van der Waals surface area contributed by atoms with E-state index < -0.39 is 9.84 Å². The number of hydrogen-bond acceptors (Lipinski definition) is 4. The Bertz CT molecular complexity index is 445. The number of rotatable bonds is 5. The number of pyridine rings is 1. The molecular formula is C12H20N2O2S. The fourth-order valence-electron chi connectivity index (χ4n) is 1.64. The molecule has 0 saturated heterocycles. The molecule has 0 bridgehead atoms. The highest BCUT2D eigenvalue weighted by molar-refractivity contribution is 7.91. The second kappa shape index (κ2) is 5.60. The summed E-state index contributed by atoms with van der Waals surface area (Å²) in [6, 6.07) is 3.85. The van der Waals surface area contributed by atoms with Crippen LogP contribution in [0.25, 0.3) is 0 Å². The van der Waals surface area contributed by atoms with Crippen LogP contribution in [0.1, 0.15) is 19.4 Å². The van der Waals surface area contributed by atoms with Gasteiger partial charge in [0.15, 0.2) is 9.84 Å². The summed E-state index contributed by atoms with van der Waals surface area (Å²) in [6.45, 7) is 4.39. The lowest BCUT2D eigenvalue weighted by atomic mass is 10.2. The van der Waals surface area contributed by atoms with Crippen molar-refractivity contribution in [2.24, 2.45) is 0 Å². The molecule has 0 amide bonds. The number of aromatic nitrogens is 1. The molecule has 0 aliphatic carbocycles. The lowest BCUT2D eigenvalue weighted by Gasteiger charge is -2.28. The van der Waals surface area contributed by atoms with Crippen LogP contribution in [0.15, 0.2) is 24.5 Å². The van der Waals surface area contributed by atoms with E-state index in [9.17, 15) is 8.42 Å². The molecule has 0 radical (unpaired) electrons. The normalized spacial score (nSPS) is 15.8. The number of nitrogens with zero attached hydrogens (tertiary/aromatic N) is 2. The van der Waals surface area contributed by atoms with Crippen LogP contribution in [0.3, 0.4) is 0 Å². The van der Waals surface area contributed by atoms with Gasteiger partial charge in [-0.3, -0.25) is 9.88 Å². The molecule has 0 saturated carbocycles. The van der Waals surface area contributed by atoms with Gasteiger partial charge in [-0.25, -0.2) is 8.42 Å². The maximum Gasteiger partial charge on any atom is 0.151 e. The molecule has 0 aliphatic heterocycles. The average molecular weight is 256 g/mol. The first-order valence-electron chi connectivity index (χ1n) is 5.60. The van der Waals surface area contributed by atoms with Gasteiger partial charge in [0.1, 0.15) is 0 Å². The maximum absolute atomic E-state index is 11.5. The van der Waals surface area contributed by atoms with Gasteiger partial charge < -0.3 is 0 Å². The lowest BCUT2D eigenvalue weighted by molar-refractivity contribution is 0.245. The van der Waals surface area contributed by atoms with Gasteiger partial charge in [-0.05, 0) is 32.5 Å². The number of sulfone groups is 1. The van der Waals surface area contributed by atoms with Gasteiger partial charge in [0, 0.05) is 31.2 Å². The molecule has 0 spiro atoms. The largest absolute Gasteiger partial charge is 0.298 e. The third-order valence-electron chi connectivity index (χ3n) is 3.20. The summed E-state index contributed by atoms with van der Waals surface area (Å²) in [6.07, 6.45) is 4.81. The Kier molecular flexibility index (Phi) is 4.65. The van der Waals surface area contributed by atoms with Crippen molar-refractivity contribution in [1.29, 1.82) is 0 Å². The quantitative estimate of drug-likeness (QED) is 0.797. The van der Waals surface area contributed by atoms with Gasteiger partial charge in [-0.1, -0.05) is 6.07 Å². The first kappa shape index (κ1) is 14.1. The third kappa shape index (κ3) is 4.09. The molecule has 0 aromatic carbocycles. The van der Waals surface area contributed by atoms with E-state index in [-0.39, 0.29) is 11.3 Å². The Morgan fingerprint density at radius 3 is 2.53 bits per heavy atom. The van der Waals surface area contributed by atoms with E-state index >= 15 is 0 Å². The van der Waals surface area contributed by atoms with E-state index in [2.05, 4.69) is 4.98 Å². The molecule has 5 heteroatoms. The van der Waals surface area contributed by atoms with Crippen LogP contribution >= 0.6 is 0 Å². The van der Waals surface area contributed by atoms with Crippen LogP contribution in [0.4, 0.5) is 0 Å². The van der Waals surface area contributed by atoms with Crippen LogP contribution in [-0.4, -0.2) is 42.9 Å². The van der Waals surface area contributed by atoms with Crippen LogP contribution in [0.2, 0.25) is 0 Å². The highest BCUT2D eigenvalue weighted by Gasteiger charge is 2.25. The summed E-state index contributed by atoms with van der Waals surface area (Å²) in [5, 5.41) is -0.371. The summed E-state index contributed by atoms with van der Waals surface area (Å²) in [5.41, 5.74) is 1.09. The van der Waals surface area contributed by atoms with E-state index in [0.717, 1.165) is 5.56 Å². The Morgan fingerprint density at radius 2 is 2.06 bits per heavy atom. The molecule has 0 aliphatic rings. The molecule has 1 heterocycles. The predicted molar refractivity (Wildman–Crippen MR) is 69.5 cm³/mol. The van der Waals surface area contributed by atoms with Gasteiger partial charge in [0.05, 0.1) is 5.25 Å². The minimum atomic E-state index is -3.00. The maximum atomic E-state index is 11.5. The first-order chi connectivity index (χ1) is 7.82. The summed E-state index contributed by atoms with van der Waals surface area (Å²) in [5.74, 6) is 0. The van der Waals surface area contributed by atoms with E-state index in [1.165, 1.54) is 6.26 Å². The van der Waals surface area contributed by atoms with Gasteiger partial charge in [-0.15, -0.1) is 0 Å². The van der Waals surface area contributed by atoms with Crippen molar-refractivity contribution in [3.05, 3.63) is 30.1 Å². The van der Waals surface area contributed by atoms with Crippen LogP contribution < -0.4 is 0 Å². The van der Waals surface area contributed by atoms with Crippen molar-refractivity contribution in [2.45, 2.75) is 31.7 Å². The second-order valence-corrected chi connectivity index (χ2v) is 6.95. The molecule has 1 aromatic heterocycles. The summed E-state index contributed by atoms with van der Waals surface area (Å²) in [7, 11) is -1.07. The van der Waals surface area contributed by atoms with E-state index in [1.807, 2.05) is 31.0 Å². The zero-order valence-corrected chi connectivity index (χ0v) is 11.6. The van der Waals surface area contributed by atoms with E-state index in [4.69, 9.17) is 0 Å². The molecule has 0 N–H and O–H groups in total. The van der Waals surface area contributed by atoms with Gasteiger partial charge in [-0.2, -0.15) is 0 Å². The Balaban J connectivity index is 2.68. The van der Waals surface area contributed by atoms with Crippen molar-refractivity contribution in [1.82, 2.24) is 9.88 Å². The van der Waals surface area contributed by atoms with Crippen molar-refractivity contribution in [2.75, 3.05) is 13.3 Å². The van der Waals surface area contributed by atoms with E-state index in [0.29, 0.717) is 6.54 Å². The molecule has 4 nitrogen and oxygen atoms in total. The topological polar surface area (TPSA) is 50.3 Å². The summed E-state index contributed by atoms with van der Waals surface area (Å²) in [4.78, 5) is 6.08. The van der Waals surface area contributed by atoms with Crippen LogP contribution in [-0.2, 0) is 16.4 Å². The Hall–Kier alpha value is -0.940. The molecule has 1 rings (SSSR count). The van der Waals surface area contributed by atoms with Crippen molar-refractivity contribution in [3.63, 3.8) is 0 Å². The molecule has 1 aromatic rings. The monoisotopic (exact) mass is 256 g/mol. The van der Waals surface area contributed by atoms with E-state index in [1.54, 1.807) is 19.3 Å². The number of hydrogen-bond donors (Lipinski definition) is 0. The standard InChI is InChI=1S/C12H20N2O2S/c1-10(11(2)17(4,15)16)14(3)9-12-6-5-7-13-8-12/h5-8,10-11H,9H2,1-4H3/t10-,11+/m0/s1. The van der Waals surface area contributed by atoms with Gasteiger partial charge in [0.25, 0.3) is 0 Å². The third-order valence-corrected chi connectivity index (χ3v) is 4.95. The SMILES string of the molecule is C[C@H]([C@H](C)N(C)Cc1cccnc1)S(C)(=O)=O. The van der Waals surface area contributed by atoms with Crippen LogP contribution in [0, 0.1) is 0 Å². The van der Waals surface area contributed by atoms with Crippen molar-refractivity contribution >= 4 is 9.84 Å². The summed E-state index contributed by atoms with van der Waals surface area (Å²) >= 11 is 0. The minimum Gasteiger partial charge on any atom is -0.298 e. The minimum absolute atomic E-state index is 0.0230. The first-order valence-corrected chi connectivity index (χ1v) is 7.56. The second-order valence-electron chi connectivity index (χ2n) is 4.55. The Morgan fingerprint density at radius 1 is 1.41 bits per heavy atom. The molecule has 2 atom stereocenters. The molecule has 96 valence electrons. The molecule has 17 heavy (non-hydrogen) atoms. The zero-order valence-electron chi connectivity index (χ0n) is 10.8. The highest BCUT2D eigenvalue weighted by atomic mass is 32.2. The fraction of sp³-hybridized carbons (Fsp3) is 0.583. The molecule has 0 fully saturated rings. The average Bonchev–Trinajstić information content (AvgIpc) is 2.27. The predicted octanol–water partition coefficient (Wildman–Crippen LogP) is 1.33. The zero-order chi connectivity index (χ0) is 13.1. The Labute approximate surface area is 104 Å². The van der Waals surface area contributed by atoms with Gasteiger partial charge >= 0.3 is 0 Å². The lowest BCUT2D eigenvalue weighted by Crippen LogP contribution is -2.40. The molecule has 0 unspecified atom stereocenters. The van der Waals surface area contributed by atoms with Crippen molar-refractivity contribution < 1.29 is 8.42 Å². The highest BCUT2D eigenvalue weighted by Crippen LogP contribution is 2.12. The van der Waals surface area contributed by atoms with Gasteiger partial charge in [0.2, 0.25) is 0 Å². The van der Waals surface area contributed by atoms with Crippen molar-refractivity contribution in [3.8, 4) is 0 Å². The van der Waals surface area contributed by atoms with Crippen LogP contribution in [0.5, 0.6) is 0 Å². The molecular weight excluding hydrogens is 236 g/mol. The summed E-state index contributed by atoms with van der Waals surface area (Å²) < 4.78 is 23.0. The smallest absolute Gasteiger partial charge is 0.151 e.